The van der Waals surface area contributed by atoms with E-state index < -0.39 is 0 Å². The van der Waals surface area contributed by atoms with Gasteiger partial charge in [0.2, 0.25) is 0 Å². The lowest BCUT2D eigenvalue weighted by Crippen LogP contribution is -2.23. The molecule has 0 amide bonds. The Morgan fingerprint density at radius 2 is 2.11 bits per heavy atom. The summed E-state index contributed by atoms with van der Waals surface area (Å²) >= 11 is 0. The second-order valence-corrected chi connectivity index (χ2v) is 4.58. The van der Waals surface area contributed by atoms with E-state index in [2.05, 4.69) is 39.8 Å². The third kappa shape index (κ3) is 3.01. The van der Waals surface area contributed by atoms with Crippen molar-refractivity contribution >= 4 is 0 Å². The largest absolute Gasteiger partial charge is 0.335 e. The fraction of sp³-hybridized carbons (Fsp3) is 0.467. The van der Waals surface area contributed by atoms with Gasteiger partial charge in [-0.15, -0.1) is 0 Å². The minimum atomic E-state index is 0.212. The predicted molar refractivity (Wildman–Crippen MR) is 77.0 cm³/mol. The third-order valence-electron chi connectivity index (χ3n) is 3.51. The van der Waals surface area contributed by atoms with Gasteiger partial charge in [0.1, 0.15) is 5.82 Å². The molecule has 4 nitrogen and oxygen atoms in total. The third-order valence-corrected chi connectivity index (χ3v) is 3.51. The lowest BCUT2D eigenvalue weighted by Gasteiger charge is -2.18. The molecule has 2 aromatic rings. The Morgan fingerprint density at radius 1 is 1.26 bits per heavy atom. The summed E-state index contributed by atoms with van der Waals surface area (Å²) in [4.78, 5) is 9.01. The molecule has 0 radical (unpaired) electrons. The fourth-order valence-corrected chi connectivity index (χ4v) is 2.40. The molecule has 1 unspecified atom stereocenters. The van der Waals surface area contributed by atoms with E-state index in [-0.39, 0.29) is 6.04 Å². The number of nitrogens with zero attached hydrogens (tertiary/aromatic N) is 3. The lowest BCUT2D eigenvalue weighted by atomic mass is 10.0. The molecule has 0 fully saturated rings. The number of rotatable bonds is 6. The van der Waals surface area contributed by atoms with Crippen molar-refractivity contribution in [3.05, 3.63) is 47.8 Å². The highest BCUT2D eigenvalue weighted by molar-refractivity contribution is 5.23. The van der Waals surface area contributed by atoms with Crippen molar-refractivity contribution in [2.75, 3.05) is 7.05 Å². The second kappa shape index (κ2) is 6.48. The van der Waals surface area contributed by atoms with E-state index in [1.54, 1.807) is 0 Å². The zero-order valence-corrected chi connectivity index (χ0v) is 11.9. The summed E-state index contributed by atoms with van der Waals surface area (Å²) in [5.74, 6) is 1.11. The van der Waals surface area contributed by atoms with Crippen molar-refractivity contribution in [3.8, 4) is 0 Å². The number of pyridine rings is 1. The predicted octanol–water partition coefficient (Wildman–Crippen LogP) is 2.36. The van der Waals surface area contributed by atoms with Crippen LogP contribution in [0.5, 0.6) is 0 Å². The van der Waals surface area contributed by atoms with Gasteiger partial charge in [-0.1, -0.05) is 13.0 Å². The number of likely N-dealkylation sites (N-methyl/N-ethyl adjacent to an activating group) is 1. The summed E-state index contributed by atoms with van der Waals surface area (Å²) in [5, 5.41) is 3.37. The Bertz CT molecular complexity index is 518. The lowest BCUT2D eigenvalue weighted by molar-refractivity contribution is 0.537. The number of imidazole rings is 1. The van der Waals surface area contributed by atoms with Crippen molar-refractivity contribution < 1.29 is 0 Å². The van der Waals surface area contributed by atoms with E-state index in [4.69, 9.17) is 0 Å². The van der Waals surface area contributed by atoms with Crippen molar-refractivity contribution in [2.45, 2.75) is 39.3 Å². The van der Waals surface area contributed by atoms with Crippen LogP contribution in [0.25, 0.3) is 0 Å². The maximum Gasteiger partial charge on any atom is 0.110 e. The summed E-state index contributed by atoms with van der Waals surface area (Å²) < 4.78 is 2.18. The van der Waals surface area contributed by atoms with Crippen LogP contribution in [0.1, 0.15) is 37.0 Å². The number of aryl methyl sites for hydroxylation is 2. The van der Waals surface area contributed by atoms with Crippen LogP contribution in [-0.2, 0) is 19.4 Å². The van der Waals surface area contributed by atoms with Crippen LogP contribution in [0.15, 0.2) is 30.7 Å². The van der Waals surface area contributed by atoms with Gasteiger partial charge in [-0.05, 0) is 32.0 Å². The molecule has 1 N–H and O–H groups in total. The van der Waals surface area contributed by atoms with E-state index in [1.807, 2.05) is 31.7 Å². The first-order valence-electron chi connectivity index (χ1n) is 6.91. The van der Waals surface area contributed by atoms with Crippen molar-refractivity contribution in [1.29, 1.82) is 0 Å². The fourth-order valence-electron chi connectivity index (χ4n) is 2.40. The molecule has 2 aromatic heterocycles. The van der Waals surface area contributed by atoms with E-state index in [1.165, 1.54) is 5.56 Å². The van der Waals surface area contributed by atoms with E-state index in [0.29, 0.717) is 0 Å². The minimum Gasteiger partial charge on any atom is -0.335 e. The average molecular weight is 258 g/mol. The molecule has 0 aliphatic rings. The molecule has 0 bridgehead atoms. The monoisotopic (exact) mass is 258 g/mol. The van der Waals surface area contributed by atoms with E-state index in [9.17, 15) is 0 Å². The van der Waals surface area contributed by atoms with Gasteiger partial charge in [0.25, 0.3) is 0 Å². The highest BCUT2D eigenvalue weighted by Gasteiger charge is 2.17. The molecular weight excluding hydrogens is 236 g/mol. The Hall–Kier alpha value is -1.68. The first kappa shape index (κ1) is 13.7. The molecule has 2 rings (SSSR count). The molecule has 1 atom stereocenters. The van der Waals surface area contributed by atoms with Gasteiger partial charge in [0.05, 0.1) is 11.7 Å². The zero-order chi connectivity index (χ0) is 13.7. The molecule has 0 saturated heterocycles. The summed E-state index contributed by atoms with van der Waals surface area (Å²) in [6, 6.07) is 4.37. The standard InChI is InChI=1S/C15H22N4/c1-4-12-7-6-8-18-15(12)13(16-3)11-14-17-9-10-19(14)5-2/h6-10,13,16H,4-5,11H2,1-3H3. The van der Waals surface area contributed by atoms with Crippen LogP contribution < -0.4 is 5.32 Å². The Kier molecular flexibility index (Phi) is 4.68. The van der Waals surface area contributed by atoms with Crippen molar-refractivity contribution in [1.82, 2.24) is 19.9 Å². The summed E-state index contributed by atoms with van der Waals surface area (Å²) in [7, 11) is 1.98. The van der Waals surface area contributed by atoms with Crippen LogP contribution >= 0.6 is 0 Å². The van der Waals surface area contributed by atoms with Gasteiger partial charge in [-0.25, -0.2) is 4.98 Å². The summed E-state index contributed by atoms with van der Waals surface area (Å²) in [5.41, 5.74) is 2.44. The van der Waals surface area contributed by atoms with Gasteiger partial charge in [-0.3, -0.25) is 4.98 Å². The number of hydrogen-bond donors (Lipinski definition) is 1. The molecule has 2 heterocycles. The molecule has 0 saturated carbocycles. The highest BCUT2D eigenvalue weighted by Crippen LogP contribution is 2.19. The molecular formula is C15H22N4. The zero-order valence-electron chi connectivity index (χ0n) is 11.9. The maximum atomic E-state index is 4.56. The normalized spacial score (nSPS) is 12.6. The van der Waals surface area contributed by atoms with Crippen molar-refractivity contribution in [2.24, 2.45) is 0 Å². The smallest absolute Gasteiger partial charge is 0.110 e. The van der Waals surface area contributed by atoms with E-state index >= 15 is 0 Å². The molecule has 102 valence electrons. The van der Waals surface area contributed by atoms with Gasteiger partial charge in [0, 0.05) is 31.6 Å². The topological polar surface area (TPSA) is 42.7 Å². The van der Waals surface area contributed by atoms with Crippen LogP contribution in [0.2, 0.25) is 0 Å². The number of hydrogen-bond acceptors (Lipinski definition) is 3. The van der Waals surface area contributed by atoms with Gasteiger partial charge in [0.15, 0.2) is 0 Å². The SMILES string of the molecule is CCc1cccnc1C(Cc1nccn1CC)NC. The molecule has 0 aliphatic heterocycles. The first-order valence-corrected chi connectivity index (χ1v) is 6.91. The van der Waals surface area contributed by atoms with Crippen LogP contribution in [0.3, 0.4) is 0 Å². The first-order chi connectivity index (χ1) is 9.30. The maximum absolute atomic E-state index is 4.56. The average Bonchev–Trinajstić information content (AvgIpc) is 2.92. The second-order valence-electron chi connectivity index (χ2n) is 4.58. The minimum absolute atomic E-state index is 0.212. The van der Waals surface area contributed by atoms with Gasteiger partial charge >= 0.3 is 0 Å². The molecule has 0 aliphatic carbocycles. The molecule has 0 spiro atoms. The summed E-state index contributed by atoms with van der Waals surface area (Å²) in [6.07, 6.45) is 7.63. The molecule has 0 aromatic carbocycles. The summed E-state index contributed by atoms with van der Waals surface area (Å²) in [6.45, 7) is 5.26. The molecule has 19 heavy (non-hydrogen) atoms. The van der Waals surface area contributed by atoms with Crippen LogP contribution in [0.4, 0.5) is 0 Å². The number of nitrogens with one attached hydrogen (secondary N) is 1. The highest BCUT2D eigenvalue weighted by atomic mass is 15.1. The Balaban J connectivity index is 2.25. The number of aromatic nitrogens is 3. The Labute approximate surface area is 114 Å². The Morgan fingerprint density at radius 3 is 2.79 bits per heavy atom. The quantitative estimate of drug-likeness (QED) is 0.865. The van der Waals surface area contributed by atoms with Crippen LogP contribution in [0, 0.1) is 0 Å². The van der Waals surface area contributed by atoms with Gasteiger partial charge < -0.3 is 9.88 Å². The van der Waals surface area contributed by atoms with Crippen molar-refractivity contribution in [3.63, 3.8) is 0 Å². The molecule has 4 heteroatoms. The van der Waals surface area contributed by atoms with Gasteiger partial charge in [-0.2, -0.15) is 0 Å². The van der Waals surface area contributed by atoms with E-state index in [0.717, 1.165) is 30.9 Å². The van der Waals surface area contributed by atoms with Crippen LogP contribution in [-0.4, -0.2) is 21.6 Å².